The predicted molar refractivity (Wildman–Crippen MR) is 99.3 cm³/mol. The lowest BCUT2D eigenvalue weighted by Gasteiger charge is -2.12. The monoisotopic (exact) mass is 336 g/mol. The maximum Gasteiger partial charge on any atom is 0.162 e. The Bertz CT molecular complexity index is 853. The summed E-state index contributed by atoms with van der Waals surface area (Å²) in [6, 6.07) is 17.4. The van der Waals surface area contributed by atoms with Crippen LogP contribution in [0.1, 0.15) is 5.82 Å². The second-order valence-electron chi connectivity index (χ2n) is 5.37. The highest BCUT2D eigenvalue weighted by Crippen LogP contribution is 2.31. The quantitative estimate of drug-likeness (QED) is 0.700. The summed E-state index contributed by atoms with van der Waals surface area (Å²) < 4.78 is 10.6. The average molecular weight is 336 g/mol. The molecule has 0 unspecified atom stereocenters. The van der Waals surface area contributed by atoms with Gasteiger partial charge in [-0.05, 0) is 31.2 Å². The van der Waals surface area contributed by atoms with Gasteiger partial charge in [-0.1, -0.05) is 18.2 Å². The van der Waals surface area contributed by atoms with Crippen molar-refractivity contribution in [2.24, 2.45) is 0 Å². The Hall–Kier alpha value is -3.28. The first kappa shape index (κ1) is 16.6. The van der Waals surface area contributed by atoms with Gasteiger partial charge in [-0.3, -0.25) is 0 Å². The van der Waals surface area contributed by atoms with Gasteiger partial charge in [-0.25, -0.2) is 9.97 Å². The molecule has 0 amide bonds. The minimum atomic E-state index is 0.654. The molecule has 0 saturated carbocycles. The molecule has 2 N–H and O–H groups in total. The fourth-order valence-corrected chi connectivity index (χ4v) is 2.43. The van der Waals surface area contributed by atoms with E-state index in [1.807, 2.05) is 61.5 Å². The fraction of sp³-hybridized carbons (Fsp3) is 0.158. The highest BCUT2D eigenvalue weighted by molar-refractivity contribution is 5.65. The number of ether oxygens (including phenoxy) is 2. The third-order valence-electron chi connectivity index (χ3n) is 3.54. The van der Waals surface area contributed by atoms with Crippen LogP contribution >= 0.6 is 0 Å². The molecule has 0 radical (unpaired) electrons. The summed E-state index contributed by atoms with van der Waals surface area (Å²) in [6.07, 6.45) is 0. The van der Waals surface area contributed by atoms with Gasteiger partial charge in [0.2, 0.25) is 0 Å². The molecular weight excluding hydrogens is 316 g/mol. The van der Waals surface area contributed by atoms with Gasteiger partial charge in [0.1, 0.15) is 17.5 Å². The Balaban J connectivity index is 1.83. The minimum Gasteiger partial charge on any atom is -0.493 e. The molecule has 0 aliphatic rings. The lowest BCUT2D eigenvalue weighted by atomic mass is 10.2. The Morgan fingerprint density at radius 1 is 0.720 bits per heavy atom. The van der Waals surface area contributed by atoms with Gasteiger partial charge < -0.3 is 20.1 Å². The van der Waals surface area contributed by atoms with Crippen LogP contribution in [0.25, 0.3) is 0 Å². The smallest absolute Gasteiger partial charge is 0.162 e. The maximum absolute atomic E-state index is 5.33. The lowest BCUT2D eigenvalue weighted by molar-refractivity contribution is 0.355. The molecule has 3 aromatic rings. The van der Waals surface area contributed by atoms with Crippen molar-refractivity contribution in [3.63, 3.8) is 0 Å². The summed E-state index contributed by atoms with van der Waals surface area (Å²) in [7, 11) is 3.22. The summed E-state index contributed by atoms with van der Waals surface area (Å²) in [5.41, 5.74) is 1.82. The van der Waals surface area contributed by atoms with Crippen molar-refractivity contribution in [1.29, 1.82) is 0 Å². The molecule has 0 saturated heterocycles. The molecule has 0 aliphatic heterocycles. The first-order valence-electron chi connectivity index (χ1n) is 7.85. The van der Waals surface area contributed by atoms with Gasteiger partial charge in [0.15, 0.2) is 11.5 Å². The third kappa shape index (κ3) is 4.17. The summed E-state index contributed by atoms with van der Waals surface area (Å²) in [6.45, 7) is 1.86. The number of anilines is 4. The number of nitrogens with zero attached hydrogens (tertiary/aromatic N) is 2. The number of rotatable bonds is 6. The summed E-state index contributed by atoms with van der Waals surface area (Å²) >= 11 is 0. The first-order valence-corrected chi connectivity index (χ1v) is 7.85. The van der Waals surface area contributed by atoms with Crippen LogP contribution in [0.15, 0.2) is 54.6 Å². The molecule has 0 aliphatic carbocycles. The number of para-hydroxylation sites is 1. The van der Waals surface area contributed by atoms with Crippen LogP contribution in [0.3, 0.4) is 0 Å². The minimum absolute atomic E-state index is 0.654. The van der Waals surface area contributed by atoms with E-state index in [9.17, 15) is 0 Å². The van der Waals surface area contributed by atoms with Crippen LogP contribution in [0.2, 0.25) is 0 Å². The van der Waals surface area contributed by atoms with E-state index in [1.165, 1.54) is 0 Å². The molecule has 3 rings (SSSR count). The van der Waals surface area contributed by atoms with Gasteiger partial charge in [0.25, 0.3) is 0 Å². The SMILES string of the molecule is COc1ccc(Nc2cc(Nc3ccccc3)nc(C)n2)cc1OC. The van der Waals surface area contributed by atoms with E-state index in [0.717, 1.165) is 17.2 Å². The van der Waals surface area contributed by atoms with E-state index >= 15 is 0 Å². The average Bonchev–Trinajstić information content (AvgIpc) is 2.62. The van der Waals surface area contributed by atoms with Gasteiger partial charge >= 0.3 is 0 Å². The van der Waals surface area contributed by atoms with Gasteiger partial charge in [0, 0.05) is 23.5 Å². The molecule has 0 bridgehead atoms. The lowest BCUT2D eigenvalue weighted by Crippen LogP contribution is -2.01. The molecule has 1 heterocycles. The zero-order valence-corrected chi connectivity index (χ0v) is 14.4. The number of hydrogen-bond donors (Lipinski definition) is 2. The highest BCUT2D eigenvalue weighted by atomic mass is 16.5. The van der Waals surface area contributed by atoms with E-state index < -0.39 is 0 Å². The molecule has 2 aromatic carbocycles. The van der Waals surface area contributed by atoms with E-state index in [4.69, 9.17) is 9.47 Å². The topological polar surface area (TPSA) is 68.3 Å². The largest absolute Gasteiger partial charge is 0.493 e. The number of aromatic nitrogens is 2. The standard InChI is InChI=1S/C19H20N4O2/c1-13-20-18(22-14-7-5-4-6-8-14)12-19(21-13)23-15-9-10-16(24-2)17(11-15)25-3/h4-12H,1-3H3,(H2,20,21,22,23). The van der Waals surface area contributed by atoms with E-state index in [1.54, 1.807) is 14.2 Å². The summed E-state index contributed by atoms with van der Waals surface area (Å²) in [5.74, 6) is 3.42. The molecule has 0 spiro atoms. The van der Waals surface area contributed by atoms with Crippen molar-refractivity contribution in [2.75, 3.05) is 24.9 Å². The third-order valence-corrected chi connectivity index (χ3v) is 3.54. The normalized spacial score (nSPS) is 10.2. The molecule has 128 valence electrons. The molecule has 1 aromatic heterocycles. The second kappa shape index (κ2) is 7.53. The molecular formula is C19H20N4O2. The van der Waals surface area contributed by atoms with Gasteiger partial charge in [0.05, 0.1) is 14.2 Å². The van der Waals surface area contributed by atoms with Crippen molar-refractivity contribution in [3.8, 4) is 11.5 Å². The summed E-state index contributed by atoms with van der Waals surface area (Å²) in [4.78, 5) is 8.86. The molecule has 6 heteroatoms. The zero-order chi connectivity index (χ0) is 17.6. The van der Waals surface area contributed by atoms with Crippen LogP contribution in [0.5, 0.6) is 11.5 Å². The summed E-state index contributed by atoms with van der Waals surface area (Å²) in [5, 5.41) is 6.55. The number of benzene rings is 2. The van der Waals surface area contributed by atoms with Crippen LogP contribution in [-0.2, 0) is 0 Å². The van der Waals surface area contributed by atoms with Crippen molar-refractivity contribution < 1.29 is 9.47 Å². The Kier molecular flexibility index (Phi) is 4.99. The van der Waals surface area contributed by atoms with Crippen LogP contribution in [0, 0.1) is 6.92 Å². The van der Waals surface area contributed by atoms with E-state index in [0.29, 0.717) is 23.1 Å². The van der Waals surface area contributed by atoms with Gasteiger partial charge in [-0.2, -0.15) is 0 Å². The molecule has 0 fully saturated rings. The fourth-order valence-electron chi connectivity index (χ4n) is 2.43. The van der Waals surface area contributed by atoms with Crippen molar-refractivity contribution in [1.82, 2.24) is 9.97 Å². The van der Waals surface area contributed by atoms with Gasteiger partial charge in [-0.15, -0.1) is 0 Å². The van der Waals surface area contributed by atoms with Crippen LogP contribution in [-0.4, -0.2) is 24.2 Å². The van der Waals surface area contributed by atoms with E-state index in [-0.39, 0.29) is 0 Å². The number of methoxy groups -OCH3 is 2. The van der Waals surface area contributed by atoms with Crippen molar-refractivity contribution >= 4 is 23.0 Å². The Labute approximate surface area is 146 Å². The van der Waals surface area contributed by atoms with Crippen molar-refractivity contribution in [2.45, 2.75) is 6.92 Å². The molecule has 6 nitrogen and oxygen atoms in total. The molecule has 0 atom stereocenters. The van der Waals surface area contributed by atoms with Crippen LogP contribution in [0.4, 0.5) is 23.0 Å². The Morgan fingerprint density at radius 3 is 2.00 bits per heavy atom. The first-order chi connectivity index (χ1) is 12.2. The predicted octanol–water partition coefficient (Wildman–Crippen LogP) is 4.29. The number of hydrogen-bond acceptors (Lipinski definition) is 6. The van der Waals surface area contributed by atoms with E-state index in [2.05, 4.69) is 20.6 Å². The zero-order valence-electron chi connectivity index (χ0n) is 14.4. The van der Waals surface area contributed by atoms with Crippen molar-refractivity contribution in [3.05, 3.63) is 60.4 Å². The van der Waals surface area contributed by atoms with Crippen LogP contribution < -0.4 is 20.1 Å². The number of aryl methyl sites for hydroxylation is 1. The second-order valence-corrected chi connectivity index (χ2v) is 5.37. The number of nitrogens with one attached hydrogen (secondary N) is 2. The highest BCUT2D eigenvalue weighted by Gasteiger charge is 2.07. The maximum atomic E-state index is 5.33. The molecule has 25 heavy (non-hydrogen) atoms. The Morgan fingerprint density at radius 2 is 1.36 bits per heavy atom.